The van der Waals surface area contributed by atoms with Crippen LogP contribution < -0.4 is 10.5 Å². The summed E-state index contributed by atoms with van der Waals surface area (Å²) in [7, 11) is 0. The van der Waals surface area contributed by atoms with Gasteiger partial charge in [-0.25, -0.2) is 0 Å². The summed E-state index contributed by atoms with van der Waals surface area (Å²) in [6.45, 7) is 0.861. The van der Waals surface area contributed by atoms with Crippen LogP contribution >= 0.6 is 22.6 Å². The Kier molecular flexibility index (Phi) is 4.95. The van der Waals surface area contributed by atoms with Gasteiger partial charge in [0.1, 0.15) is 5.75 Å². The molecule has 17 heavy (non-hydrogen) atoms. The van der Waals surface area contributed by atoms with Gasteiger partial charge in [0.05, 0.1) is 10.2 Å². The lowest BCUT2D eigenvalue weighted by Crippen LogP contribution is -2.11. The van der Waals surface area contributed by atoms with Crippen molar-refractivity contribution in [3.63, 3.8) is 0 Å². The molecule has 1 saturated carbocycles. The van der Waals surface area contributed by atoms with E-state index in [0.29, 0.717) is 0 Å². The van der Waals surface area contributed by atoms with Gasteiger partial charge < -0.3 is 10.5 Å². The van der Waals surface area contributed by atoms with Gasteiger partial charge in [-0.1, -0.05) is 25.7 Å². The average molecular weight is 345 g/mol. The molecular formula is C14H20INO. The van der Waals surface area contributed by atoms with Crippen LogP contribution in [0.1, 0.15) is 38.5 Å². The van der Waals surface area contributed by atoms with Crippen LogP contribution in [0.15, 0.2) is 18.2 Å². The quantitative estimate of drug-likeness (QED) is 0.506. The van der Waals surface area contributed by atoms with E-state index in [1.165, 1.54) is 38.5 Å². The molecule has 0 bridgehead atoms. The first-order valence-corrected chi connectivity index (χ1v) is 7.51. The van der Waals surface area contributed by atoms with Crippen molar-refractivity contribution >= 4 is 28.3 Å². The zero-order valence-electron chi connectivity index (χ0n) is 10.1. The molecule has 0 radical (unpaired) electrons. The van der Waals surface area contributed by atoms with Crippen LogP contribution in [0.3, 0.4) is 0 Å². The van der Waals surface area contributed by atoms with Crippen molar-refractivity contribution in [3.8, 4) is 5.75 Å². The number of ether oxygens (including phenoxy) is 1. The van der Waals surface area contributed by atoms with Crippen molar-refractivity contribution in [2.24, 2.45) is 5.92 Å². The summed E-state index contributed by atoms with van der Waals surface area (Å²) >= 11 is 2.28. The van der Waals surface area contributed by atoms with Gasteiger partial charge in [0.2, 0.25) is 0 Å². The minimum absolute atomic E-state index is 0.742. The Balaban J connectivity index is 1.88. The van der Waals surface area contributed by atoms with Crippen molar-refractivity contribution in [2.75, 3.05) is 12.3 Å². The Morgan fingerprint density at radius 2 is 1.88 bits per heavy atom. The maximum absolute atomic E-state index is 5.92. The summed E-state index contributed by atoms with van der Waals surface area (Å²) in [5, 5.41) is 0. The number of hydrogen-bond donors (Lipinski definition) is 1. The van der Waals surface area contributed by atoms with Crippen LogP contribution in [0.5, 0.6) is 5.75 Å². The number of nitrogen functional groups attached to an aromatic ring is 1. The summed E-state index contributed by atoms with van der Waals surface area (Å²) in [5.41, 5.74) is 6.53. The number of benzene rings is 1. The molecule has 0 saturated heterocycles. The predicted octanol–water partition coefficient (Wildman–Crippen LogP) is 4.22. The van der Waals surface area contributed by atoms with Gasteiger partial charge in [0.15, 0.2) is 0 Å². The van der Waals surface area contributed by atoms with E-state index in [1.54, 1.807) is 0 Å². The van der Waals surface area contributed by atoms with Crippen molar-refractivity contribution in [1.29, 1.82) is 0 Å². The first kappa shape index (κ1) is 13.0. The Morgan fingerprint density at radius 1 is 1.18 bits per heavy atom. The van der Waals surface area contributed by atoms with E-state index >= 15 is 0 Å². The number of rotatable bonds is 3. The van der Waals surface area contributed by atoms with Crippen molar-refractivity contribution < 1.29 is 4.74 Å². The van der Waals surface area contributed by atoms with Crippen molar-refractivity contribution in [2.45, 2.75) is 38.5 Å². The summed E-state index contributed by atoms with van der Waals surface area (Å²) in [6, 6.07) is 5.85. The van der Waals surface area contributed by atoms with E-state index in [-0.39, 0.29) is 0 Å². The second-order valence-electron chi connectivity index (χ2n) is 4.86. The summed E-state index contributed by atoms with van der Waals surface area (Å²) in [5.74, 6) is 1.72. The topological polar surface area (TPSA) is 35.2 Å². The van der Waals surface area contributed by atoms with Gasteiger partial charge in [0, 0.05) is 5.69 Å². The molecule has 1 aromatic carbocycles. The smallest absolute Gasteiger partial charge is 0.132 e. The molecule has 0 aliphatic heterocycles. The standard InChI is InChI=1S/C14H20INO/c15-13-9-12(16)7-8-14(13)17-10-11-5-3-1-2-4-6-11/h7-9,11H,1-6,10,16H2. The van der Waals surface area contributed by atoms with E-state index in [9.17, 15) is 0 Å². The molecule has 1 aromatic rings. The average Bonchev–Trinajstić information content (AvgIpc) is 2.56. The Labute approximate surface area is 117 Å². The van der Waals surface area contributed by atoms with E-state index in [2.05, 4.69) is 22.6 Å². The Morgan fingerprint density at radius 3 is 2.53 bits per heavy atom. The van der Waals surface area contributed by atoms with E-state index < -0.39 is 0 Å². The molecule has 3 heteroatoms. The van der Waals surface area contributed by atoms with Crippen LogP contribution in [-0.4, -0.2) is 6.61 Å². The Hall–Kier alpha value is -0.450. The molecule has 94 valence electrons. The van der Waals surface area contributed by atoms with Crippen molar-refractivity contribution in [3.05, 3.63) is 21.8 Å². The van der Waals surface area contributed by atoms with Crippen LogP contribution in [0.25, 0.3) is 0 Å². The minimum atomic E-state index is 0.742. The van der Waals surface area contributed by atoms with Gasteiger partial charge in [-0.15, -0.1) is 0 Å². The number of anilines is 1. The second kappa shape index (κ2) is 6.47. The van der Waals surface area contributed by atoms with Crippen molar-refractivity contribution in [1.82, 2.24) is 0 Å². The molecule has 1 aliphatic rings. The number of nitrogens with two attached hydrogens (primary N) is 1. The molecule has 0 heterocycles. The SMILES string of the molecule is Nc1ccc(OCC2CCCCCC2)c(I)c1. The molecule has 0 aromatic heterocycles. The molecule has 0 spiro atoms. The molecular weight excluding hydrogens is 325 g/mol. The van der Waals surface area contributed by atoms with E-state index in [1.807, 2.05) is 18.2 Å². The molecule has 2 N–H and O–H groups in total. The normalized spacial score (nSPS) is 17.7. The van der Waals surface area contributed by atoms with Crippen LogP contribution in [-0.2, 0) is 0 Å². The highest BCUT2D eigenvalue weighted by molar-refractivity contribution is 14.1. The molecule has 0 atom stereocenters. The second-order valence-corrected chi connectivity index (χ2v) is 6.02. The van der Waals surface area contributed by atoms with Gasteiger partial charge in [0.25, 0.3) is 0 Å². The first-order valence-electron chi connectivity index (χ1n) is 6.43. The minimum Gasteiger partial charge on any atom is -0.492 e. The zero-order chi connectivity index (χ0) is 12.1. The summed E-state index contributed by atoms with van der Waals surface area (Å²) in [4.78, 5) is 0. The zero-order valence-corrected chi connectivity index (χ0v) is 12.3. The monoisotopic (exact) mass is 345 g/mol. The third kappa shape index (κ3) is 4.05. The molecule has 2 rings (SSSR count). The number of hydrogen-bond acceptors (Lipinski definition) is 2. The lowest BCUT2D eigenvalue weighted by atomic mass is 10.0. The first-order chi connectivity index (χ1) is 8.25. The fraction of sp³-hybridized carbons (Fsp3) is 0.571. The fourth-order valence-electron chi connectivity index (χ4n) is 2.37. The van der Waals surface area contributed by atoms with Gasteiger partial charge >= 0.3 is 0 Å². The highest BCUT2D eigenvalue weighted by atomic mass is 127. The van der Waals surface area contributed by atoms with Gasteiger partial charge in [-0.2, -0.15) is 0 Å². The lowest BCUT2D eigenvalue weighted by Gasteiger charge is -2.16. The van der Waals surface area contributed by atoms with Gasteiger partial charge in [-0.05, 0) is 59.5 Å². The molecule has 0 amide bonds. The lowest BCUT2D eigenvalue weighted by molar-refractivity contribution is 0.232. The summed E-state index contributed by atoms with van der Waals surface area (Å²) in [6.07, 6.45) is 8.18. The fourth-order valence-corrected chi connectivity index (χ4v) is 3.07. The number of halogens is 1. The molecule has 2 nitrogen and oxygen atoms in total. The summed E-state index contributed by atoms with van der Waals surface area (Å²) < 4.78 is 7.03. The third-order valence-corrected chi connectivity index (χ3v) is 4.25. The molecule has 1 aliphatic carbocycles. The van der Waals surface area contributed by atoms with E-state index in [4.69, 9.17) is 10.5 Å². The highest BCUT2D eigenvalue weighted by Crippen LogP contribution is 2.27. The highest BCUT2D eigenvalue weighted by Gasteiger charge is 2.13. The van der Waals surface area contributed by atoms with Crippen LogP contribution in [0, 0.1) is 9.49 Å². The Bertz CT molecular complexity index is 359. The molecule has 1 fully saturated rings. The van der Waals surface area contributed by atoms with Gasteiger partial charge in [-0.3, -0.25) is 0 Å². The van der Waals surface area contributed by atoms with Crippen LogP contribution in [0.4, 0.5) is 5.69 Å². The largest absolute Gasteiger partial charge is 0.492 e. The maximum Gasteiger partial charge on any atom is 0.132 e. The molecule has 0 unspecified atom stereocenters. The predicted molar refractivity (Wildman–Crippen MR) is 80.3 cm³/mol. The van der Waals surface area contributed by atoms with Crippen LogP contribution in [0.2, 0.25) is 0 Å². The van der Waals surface area contributed by atoms with E-state index in [0.717, 1.165) is 27.5 Å². The maximum atomic E-state index is 5.92. The third-order valence-electron chi connectivity index (χ3n) is 3.41.